The fraction of sp³-hybridized carbons (Fsp3) is 0.550. The zero-order valence-electron chi connectivity index (χ0n) is 15.5. The third-order valence-corrected chi connectivity index (χ3v) is 5.71. The highest BCUT2D eigenvalue weighted by Gasteiger charge is 2.30. The first-order chi connectivity index (χ1) is 13.1. The van der Waals surface area contributed by atoms with Crippen molar-refractivity contribution >= 4 is 29.3 Å². The molecule has 0 spiro atoms. The molecule has 2 heterocycles. The van der Waals surface area contributed by atoms with Gasteiger partial charge in [-0.1, -0.05) is 23.7 Å². The van der Waals surface area contributed by atoms with Crippen LogP contribution in [0.5, 0.6) is 0 Å². The normalized spacial score (nSPS) is 18.3. The third-order valence-electron chi connectivity index (χ3n) is 5.38. The van der Waals surface area contributed by atoms with Crippen LogP contribution in [0.1, 0.15) is 42.5 Å². The first-order valence-corrected chi connectivity index (χ1v) is 10.0. The zero-order valence-corrected chi connectivity index (χ0v) is 16.2. The van der Waals surface area contributed by atoms with Crippen LogP contribution in [0.25, 0.3) is 0 Å². The van der Waals surface area contributed by atoms with Crippen molar-refractivity contribution in [1.82, 2.24) is 15.1 Å². The third kappa shape index (κ3) is 5.01. The highest BCUT2D eigenvalue weighted by atomic mass is 35.5. The van der Waals surface area contributed by atoms with Gasteiger partial charge >= 0.3 is 0 Å². The zero-order chi connectivity index (χ0) is 19.2. The number of hydrogen-bond acceptors (Lipinski definition) is 3. The molecule has 2 fully saturated rings. The summed E-state index contributed by atoms with van der Waals surface area (Å²) in [7, 11) is 0. The van der Waals surface area contributed by atoms with Crippen molar-refractivity contribution < 1.29 is 14.4 Å². The summed E-state index contributed by atoms with van der Waals surface area (Å²) in [5.41, 5.74) is 0.359. The van der Waals surface area contributed by atoms with E-state index in [2.05, 4.69) is 5.32 Å². The number of nitrogens with one attached hydrogen (secondary N) is 1. The molecule has 0 aliphatic carbocycles. The molecule has 0 radical (unpaired) electrons. The highest BCUT2D eigenvalue weighted by molar-refractivity contribution is 6.33. The summed E-state index contributed by atoms with van der Waals surface area (Å²) in [5, 5.41) is 2.99. The van der Waals surface area contributed by atoms with Gasteiger partial charge < -0.3 is 15.1 Å². The quantitative estimate of drug-likeness (QED) is 0.856. The van der Waals surface area contributed by atoms with E-state index in [0.29, 0.717) is 36.5 Å². The molecule has 0 unspecified atom stereocenters. The van der Waals surface area contributed by atoms with Crippen molar-refractivity contribution in [2.45, 2.75) is 32.1 Å². The Morgan fingerprint density at radius 3 is 2.30 bits per heavy atom. The van der Waals surface area contributed by atoms with E-state index < -0.39 is 0 Å². The van der Waals surface area contributed by atoms with Gasteiger partial charge in [0, 0.05) is 32.1 Å². The molecule has 2 saturated heterocycles. The first-order valence-electron chi connectivity index (χ1n) is 9.65. The Morgan fingerprint density at radius 1 is 0.963 bits per heavy atom. The van der Waals surface area contributed by atoms with Gasteiger partial charge in [0.2, 0.25) is 11.8 Å². The summed E-state index contributed by atoms with van der Waals surface area (Å²) < 4.78 is 0. The minimum Gasteiger partial charge on any atom is -0.343 e. The Kier molecular flexibility index (Phi) is 6.72. The maximum Gasteiger partial charge on any atom is 0.253 e. The standard InChI is InChI=1S/C20H26ClN3O3/c21-17-7-3-2-6-16(17)19(26)22-14-18(25)23-12-8-15(9-13-23)20(27)24-10-4-1-5-11-24/h2-3,6-7,15H,1,4-5,8-14H2,(H,22,26). The molecule has 3 rings (SSSR count). The van der Waals surface area contributed by atoms with Crippen LogP contribution in [-0.2, 0) is 9.59 Å². The van der Waals surface area contributed by atoms with E-state index in [1.165, 1.54) is 6.42 Å². The van der Waals surface area contributed by atoms with Crippen molar-refractivity contribution in [3.8, 4) is 0 Å². The van der Waals surface area contributed by atoms with E-state index in [4.69, 9.17) is 11.6 Å². The second-order valence-corrected chi connectivity index (χ2v) is 7.61. The number of halogens is 1. The van der Waals surface area contributed by atoms with Crippen LogP contribution >= 0.6 is 11.6 Å². The lowest BCUT2D eigenvalue weighted by atomic mass is 9.94. The van der Waals surface area contributed by atoms with Crippen molar-refractivity contribution in [3.05, 3.63) is 34.9 Å². The van der Waals surface area contributed by atoms with Crippen LogP contribution in [-0.4, -0.2) is 60.2 Å². The number of carbonyl (C=O) groups is 3. The molecule has 1 aromatic rings. The van der Waals surface area contributed by atoms with Gasteiger partial charge in [0.25, 0.3) is 5.91 Å². The van der Waals surface area contributed by atoms with Gasteiger partial charge in [-0.2, -0.15) is 0 Å². The van der Waals surface area contributed by atoms with Gasteiger partial charge in [-0.05, 0) is 44.2 Å². The largest absolute Gasteiger partial charge is 0.343 e. The topological polar surface area (TPSA) is 69.7 Å². The fourth-order valence-electron chi connectivity index (χ4n) is 3.76. The SMILES string of the molecule is O=C(NCC(=O)N1CCC(C(=O)N2CCCCC2)CC1)c1ccccc1Cl. The number of benzene rings is 1. The number of rotatable bonds is 4. The average Bonchev–Trinajstić information content (AvgIpc) is 2.72. The Labute approximate surface area is 164 Å². The Hall–Kier alpha value is -2.08. The van der Waals surface area contributed by atoms with Gasteiger partial charge in [-0.3, -0.25) is 14.4 Å². The monoisotopic (exact) mass is 391 g/mol. The number of likely N-dealkylation sites (tertiary alicyclic amines) is 2. The summed E-state index contributed by atoms with van der Waals surface area (Å²) in [4.78, 5) is 40.8. The van der Waals surface area contributed by atoms with E-state index in [0.717, 1.165) is 25.9 Å². The highest BCUT2D eigenvalue weighted by Crippen LogP contribution is 2.22. The van der Waals surface area contributed by atoms with Gasteiger partial charge in [-0.25, -0.2) is 0 Å². The molecular weight excluding hydrogens is 366 g/mol. The Morgan fingerprint density at radius 2 is 1.63 bits per heavy atom. The van der Waals surface area contributed by atoms with E-state index >= 15 is 0 Å². The number of nitrogens with zero attached hydrogens (tertiary/aromatic N) is 2. The van der Waals surface area contributed by atoms with Crippen LogP contribution in [0.15, 0.2) is 24.3 Å². The van der Waals surface area contributed by atoms with Gasteiger partial charge in [0.1, 0.15) is 0 Å². The minimum absolute atomic E-state index is 0.0184. The summed E-state index contributed by atoms with van der Waals surface area (Å²) >= 11 is 6.00. The lowest BCUT2D eigenvalue weighted by Crippen LogP contribution is -2.47. The number of carbonyl (C=O) groups excluding carboxylic acids is 3. The lowest BCUT2D eigenvalue weighted by molar-refractivity contribution is -0.141. The van der Waals surface area contributed by atoms with Crippen LogP contribution in [0.3, 0.4) is 0 Å². The van der Waals surface area contributed by atoms with Crippen molar-refractivity contribution in [2.24, 2.45) is 5.92 Å². The summed E-state index contributed by atoms with van der Waals surface area (Å²) in [6.45, 7) is 2.79. The molecule has 0 aromatic heterocycles. The molecule has 27 heavy (non-hydrogen) atoms. The molecule has 3 amide bonds. The van der Waals surface area contributed by atoms with E-state index in [9.17, 15) is 14.4 Å². The number of amides is 3. The summed E-state index contributed by atoms with van der Waals surface area (Å²) in [6.07, 6.45) is 4.78. The second kappa shape index (κ2) is 9.22. The molecular formula is C20H26ClN3O3. The molecule has 2 aliphatic rings. The maximum atomic E-state index is 12.6. The molecule has 7 heteroatoms. The van der Waals surface area contributed by atoms with Crippen LogP contribution in [0, 0.1) is 5.92 Å². The Balaban J connectivity index is 1.44. The van der Waals surface area contributed by atoms with Gasteiger partial charge in [-0.15, -0.1) is 0 Å². The predicted octanol–water partition coefficient (Wildman–Crippen LogP) is 2.32. The van der Waals surface area contributed by atoms with Crippen molar-refractivity contribution in [2.75, 3.05) is 32.7 Å². The van der Waals surface area contributed by atoms with E-state index in [1.54, 1.807) is 29.2 Å². The maximum absolute atomic E-state index is 12.6. The number of piperidine rings is 2. The van der Waals surface area contributed by atoms with Crippen molar-refractivity contribution in [1.29, 1.82) is 0 Å². The Bertz CT molecular complexity index is 695. The first kappa shape index (κ1) is 19.7. The fourth-order valence-corrected chi connectivity index (χ4v) is 3.98. The molecule has 6 nitrogen and oxygen atoms in total. The van der Waals surface area contributed by atoms with E-state index in [-0.39, 0.29) is 30.2 Å². The summed E-state index contributed by atoms with van der Waals surface area (Å²) in [6, 6.07) is 6.74. The smallest absolute Gasteiger partial charge is 0.253 e. The molecule has 146 valence electrons. The second-order valence-electron chi connectivity index (χ2n) is 7.20. The van der Waals surface area contributed by atoms with Crippen LogP contribution in [0.2, 0.25) is 5.02 Å². The minimum atomic E-state index is -0.357. The molecule has 0 bridgehead atoms. The summed E-state index contributed by atoms with van der Waals surface area (Å²) in [5.74, 6) is -0.220. The van der Waals surface area contributed by atoms with Crippen molar-refractivity contribution in [3.63, 3.8) is 0 Å². The average molecular weight is 392 g/mol. The molecule has 0 saturated carbocycles. The molecule has 1 aromatic carbocycles. The lowest BCUT2D eigenvalue weighted by Gasteiger charge is -2.35. The van der Waals surface area contributed by atoms with Crippen LogP contribution < -0.4 is 5.32 Å². The molecule has 2 aliphatic heterocycles. The molecule has 0 atom stereocenters. The van der Waals surface area contributed by atoms with Crippen LogP contribution in [0.4, 0.5) is 0 Å². The predicted molar refractivity (Wildman–Crippen MR) is 104 cm³/mol. The van der Waals surface area contributed by atoms with Gasteiger partial charge in [0.15, 0.2) is 0 Å². The molecule has 1 N–H and O–H groups in total. The van der Waals surface area contributed by atoms with Gasteiger partial charge in [0.05, 0.1) is 17.1 Å². The van der Waals surface area contributed by atoms with E-state index in [1.807, 2.05) is 4.90 Å². The number of hydrogen-bond donors (Lipinski definition) is 1.